The molecule has 0 amide bonds. The maximum absolute atomic E-state index is 12.5. The van der Waals surface area contributed by atoms with Crippen LogP contribution in [0, 0.1) is 0 Å². The zero-order valence-corrected chi connectivity index (χ0v) is 16.3. The average molecular weight is 421 g/mol. The zero-order chi connectivity index (χ0) is 20.8. The highest BCUT2D eigenvalue weighted by molar-refractivity contribution is 6.32. The number of aromatic nitrogens is 1. The molecule has 2 aromatic carbocycles. The van der Waals surface area contributed by atoms with Gasteiger partial charge >= 0.3 is 12.6 Å². The van der Waals surface area contributed by atoms with Gasteiger partial charge in [0.25, 0.3) is 0 Å². The number of anilines is 1. The lowest BCUT2D eigenvalue weighted by Crippen LogP contribution is -2.09. The largest absolute Gasteiger partial charge is 0.461 e. The van der Waals surface area contributed by atoms with E-state index in [0.29, 0.717) is 11.3 Å². The maximum atomic E-state index is 12.5. The highest BCUT2D eigenvalue weighted by atomic mass is 35.5. The van der Waals surface area contributed by atoms with Crippen molar-refractivity contribution in [1.82, 2.24) is 4.98 Å². The van der Waals surface area contributed by atoms with Crippen molar-refractivity contribution < 1.29 is 23.0 Å². The molecule has 8 heteroatoms. The molecule has 1 heterocycles. The summed E-state index contributed by atoms with van der Waals surface area (Å²) < 4.78 is 34.6. The molecule has 0 fully saturated rings. The lowest BCUT2D eigenvalue weighted by molar-refractivity contribution is -0.0498. The number of H-pyrrole nitrogens is 1. The molecule has 0 spiro atoms. The average Bonchev–Trinajstić information content (AvgIpc) is 3.13. The first-order valence-electron chi connectivity index (χ1n) is 8.90. The highest BCUT2D eigenvalue weighted by Gasteiger charge is 2.18. The van der Waals surface area contributed by atoms with E-state index < -0.39 is 12.6 Å². The predicted octanol–water partition coefficient (Wildman–Crippen LogP) is 5.73. The van der Waals surface area contributed by atoms with Crippen LogP contribution in [0.15, 0.2) is 54.6 Å². The highest BCUT2D eigenvalue weighted by Crippen LogP contribution is 2.29. The second-order valence-electron chi connectivity index (χ2n) is 6.06. The van der Waals surface area contributed by atoms with E-state index >= 15 is 0 Å². The third-order valence-electron chi connectivity index (χ3n) is 4.08. The molecular weight excluding hydrogens is 402 g/mol. The van der Waals surface area contributed by atoms with Crippen molar-refractivity contribution in [2.75, 3.05) is 11.9 Å². The fraction of sp³-hybridized carbons (Fsp3) is 0.190. The summed E-state index contributed by atoms with van der Waals surface area (Å²) in [5, 5.41) is 3.23. The van der Waals surface area contributed by atoms with Gasteiger partial charge in [0.2, 0.25) is 0 Å². The van der Waals surface area contributed by atoms with Crippen LogP contribution >= 0.6 is 11.6 Å². The van der Waals surface area contributed by atoms with E-state index in [4.69, 9.17) is 16.3 Å². The lowest BCUT2D eigenvalue weighted by atomic mass is 10.1. The molecule has 0 bridgehead atoms. The normalized spacial score (nSPS) is 10.8. The number of halogens is 3. The minimum absolute atomic E-state index is 0.0919. The van der Waals surface area contributed by atoms with Crippen LogP contribution in [-0.4, -0.2) is 24.2 Å². The van der Waals surface area contributed by atoms with Gasteiger partial charge in [-0.25, -0.2) is 4.79 Å². The van der Waals surface area contributed by atoms with Crippen molar-refractivity contribution >= 4 is 23.3 Å². The van der Waals surface area contributed by atoms with Gasteiger partial charge in [-0.15, -0.1) is 0 Å². The number of aromatic amines is 1. The van der Waals surface area contributed by atoms with Crippen molar-refractivity contribution in [3.8, 4) is 17.0 Å². The number of hydrogen-bond donors (Lipinski definition) is 2. The van der Waals surface area contributed by atoms with Crippen LogP contribution in [-0.2, 0) is 11.3 Å². The molecule has 0 atom stereocenters. The lowest BCUT2D eigenvalue weighted by Gasteiger charge is -2.11. The SMILES string of the molecule is CCOC(=O)c1[nH]c(-c2ccccc2)cc1NCc1ccc(Cl)c(OC(F)F)c1. The van der Waals surface area contributed by atoms with Crippen molar-refractivity contribution in [2.24, 2.45) is 0 Å². The summed E-state index contributed by atoms with van der Waals surface area (Å²) in [7, 11) is 0. The van der Waals surface area contributed by atoms with Crippen LogP contribution < -0.4 is 10.1 Å². The topological polar surface area (TPSA) is 63.4 Å². The van der Waals surface area contributed by atoms with Gasteiger partial charge in [0.1, 0.15) is 11.4 Å². The molecule has 3 rings (SSSR count). The Morgan fingerprint density at radius 2 is 1.93 bits per heavy atom. The van der Waals surface area contributed by atoms with Crippen molar-refractivity contribution in [3.05, 3.63) is 70.9 Å². The van der Waals surface area contributed by atoms with Crippen molar-refractivity contribution in [3.63, 3.8) is 0 Å². The number of ether oxygens (including phenoxy) is 2. The standard InChI is InChI=1S/C21H19ClF2N2O3/c1-2-28-20(27)19-17(11-16(26-19)14-6-4-3-5-7-14)25-12-13-8-9-15(22)18(10-13)29-21(23)24/h3-11,21,25-26H,2,12H2,1H3. The van der Waals surface area contributed by atoms with E-state index in [9.17, 15) is 13.6 Å². The molecule has 0 aliphatic carbocycles. The number of alkyl halides is 2. The van der Waals surface area contributed by atoms with Crippen LogP contribution in [0.25, 0.3) is 11.3 Å². The Bertz CT molecular complexity index is 977. The molecular formula is C21H19ClF2N2O3. The minimum atomic E-state index is -2.97. The second-order valence-corrected chi connectivity index (χ2v) is 6.46. The van der Waals surface area contributed by atoms with Gasteiger partial charge in [-0.05, 0) is 36.2 Å². The van der Waals surface area contributed by atoms with Gasteiger partial charge in [0.15, 0.2) is 0 Å². The molecule has 0 saturated carbocycles. The third kappa shape index (κ3) is 5.26. The predicted molar refractivity (Wildman–Crippen MR) is 108 cm³/mol. The van der Waals surface area contributed by atoms with Gasteiger partial charge in [-0.3, -0.25) is 0 Å². The van der Waals surface area contributed by atoms with Gasteiger partial charge in [0.05, 0.1) is 17.3 Å². The molecule has 152 valence electrons. The molecule has 0 unspecified atom stereocenters. The number of carbonyl (C=O) groups is 1. The fourth-order valence-electron chi connectivity index (χ4n) is 2.77. The Hall–Kier alpha value is -3.06. The zero-order valence-electron chi connectivity index (χ0n) is 15.5. The quantitative estimate of drug-likeness (QED) is 0.457. The van der Waals surface area contributed by atoms with Crippen LogP contribution in [0.2, 0.25) is 5.02 Å². The smallest absolute Gasteiger partial charge is 0.387 e. The van der Waals surface area contributed by atoms with E-state index in [1.807, 2.05) is 30.3 Å². The summed E-state index contributed by atoms with van der Waals surface area (Å²) in [4.78, 5) is 15.4. The van der Waals surface area contributed by atoms with Crippen LogP contribution in [0.4, 0.5) is 14.5 Å². The summed E-state index contributed by atoms with van der Waals surface area (Å²) in [6.07, 6.45) is 0. The number of rotatable bonds is 8. The molecule has 5 nitrogen and oxygen atoms in total. The first-order chi connectivity index (χ1) is 14.0. The Balaban J connectivity index is 1.84. The molecule has 1 aromatic heterocycles. The van der Waals surface area contributed by atoms with Crippen LogP contribution in [0.1, 0.15) is 23.0 Å². The summed E-state index contributed by atoms with van der Waals surface area (Å²) >= 11 is 5.89. The Labute approximate surface area is 171 Å². The van der Waals surface area contributed by atoms with Crippen LogP contribution in [0.3, 0.4) is 0 Å². The van der Waals surface area contributed by atoms with Gasteiger partial charge < -0.3 is 19.8 Å². The molecule has 0 aliphatic rings. The minimum Gasteiger partial charge on any atom is -0.461 e. The molecule has 0 aliphatic heterocycles. The number of carbonyl (C=O) groups excluding carboxylic acids is 1. The Kier molecular flexibility index (Phi) is 6.72. The van der Waals surface area contributed by atoms with Crippen molar-refractivity contribution in [1.29, 1.82) is 0 Å². The monoisotopic (exact) mass is 420 g/mol. The third-order valence-corrected chi connectivity index (χ3v) is 4.39. The van der Waals surface area contributed by atoms with Crippen LogP contribution in [0.5, 0.6) is 5.75 Å². The Morgan fingerprint density at radius 1 is 1.17 bits per heavy atom. The fourth-order valence-corrected chi connectivity index (χ4v) is 2.93. The first-order valence-corrected chi connectivity index (χ1v) is 9.28. The van der Waals surface area contributed by atoms with E-state index in [1.54, 1.807) is 19.1 Å². The molecule has 0 radical (unpaired) electrons. The van der Waals surface area contributed by atoms with E-state index in [1.165, 1.54) is 12.1 Å². The summed E-state index contributed by atoms with van der Waals surface area (Å²) in [6, 6.07) is 15.9. The van der Waals surface area contributed by atoms with E-state index in [0.717, 1.165) is 11.3 Å². The summed E-state index contributed by atoms with van der Waals surface area (Å²) in [5.41, 5.74) is 3.12. The number of benzene rings is 2. The number of esters is 1. The number of hydrogen-bond acceptors (Lipinski definition) is 4. The summed E-state index contributed by atoms with van der Waals surface area (Å²) in [5.74, 6) is -0.597. The van der Waals surface area contributed by atoms with E-state index in [2.05, 4.69) is 15.0 Å². The second kappa shape index (κ2) is 9.43. The van der Waals surface area contributed by atoms with Gasteiger partial charge in [-0.2, -0.15) is 8.78 Å². The van der Waals surface area contributed by atoms with E-state index in [-0.39, 0.29) is 29.6 Å². The number of nitrogens with one attached hydrogen (secondary N) is 2. The Morgan fingerprint density at radius 3 is 2.62 bits per heavy atom. The maximum Gasteiger partial charge on any atom is 0.387 e. The van der Waals surface area contributed by atoms with Gasteiger partial charge in [0, 0.05) is 12.2 Å². The first kappa shape index (κ1) is 20.7. The summed E-state index contributed by atoms with van der Waals surface area (Å²) in [6.45, 7) is -0.743. The molecule has 2 N–H and O–H groups in total. The van der Waals surface area contributed by atoms with Gasteiger partial charge in [-0.1, -0.05) is 48.0 Å². The molecule has 0 saturated heterocycles. The molecule has 3 aromatic rings. The molecule has 29 heavy (non-hydrogen) atoms. The van der Waals surface area contributed by atoms with Crippen molar-refractivity contribution in [2.45, 2.75) is 20.1 Å².